The maximum atomic E-state index is 12.1. The third-order valence-electron chi connectivity index (χ3n) is 3.28. The monoisotopic (exact) mass is 378 g/mol. The Morgan fingerprint density at radius 1 is 1.30 bits per heavy atom. The fraction of sp³-hybridized carbons (Fsp3) is 0.188. The molecule has 2 rings (SSSR count). The Morgan fingerprint density at radius 3 is 2.74 bits per heavy atom. The molecule has 0 aromatic heterocycles. The first-order chi connectivity index (χ1) is 11.0. The lowest BCUT2D eigenvalue weighted by atomic mass is 10.1. The number of para-hydroxylation sites is 1. The number of nitro benzene ring substituents is 1. The van der Waals surface area contributed by atoms with Gasteiger partial charge in [0.25, 0.3) is 11.6 Å². The zero-order chi connectivity index (χ0) is 16.8. The van der Waals surface area contributed by atoms with E-state index in [1.54, 1.807) is 7.11 Å². The van der Waals surface area contributed by atoms with E-state index < -0.39 is 4.92 Å². The van der Waals surface area contributed by atoms with Crippen LogP contribution in [0.15, 0.2) is 46.9 Å². The van der Waals surface area contributed by atoms with E-state index in [2.05, 4.69) is 21.2 Å². The van der Waals surface area contributed by atoms with Gasteiger partial charge in [-0.1, -0.05) is 18.2 Å². The van der Waals surface area contributed by atoms with Crippen molar-refractivity contribution >= 4 is 27.5 Å². The molecule has 0 aliphatic carbocycles. The lowest BCUT2D eigenvalue weighted by molar-refractivity contribution is -0.385. The summed E-state index contributed by atoms with van der Waals surface area (Å²) in [5, 5.41) is 13.6. The van der Waals surface area contributed by atoms with Gasteiger partial charge in [0.05, 0.1) is 16.5 Å². The molecule has 1 amide bonds. The highest BCUT2D eigenvalue weighted by Gasteiger charge is 2.15. The molecule has 0 unspecified atom stereocenters. The van der Waals surface area contributed by atoms with Crippen molar-refractivity contribution in [1.82, 2.24) is 5.32 Å². The Kier molecular flexibility index (Phi) is 5.70. The van der Waals surface area contributed by atoms with Crippen LogP contribution in [0.2, 0.25) is 0 Å². The number of hydrogen-bond donors (Lipinski definition) is 1. The number of benzene rings is 2. The summed E-state index contributed by atoms with van der Waals surface area (Å²) in [6.07, 6.45) is 0.606. The third kappa shape index (κ3) is 4.29. The number of nitro groups is 1. The molecule has 0 aliphatic heterocycles. The molecule has 0 bridgehead atoms. The molecule has 23 heavy (non-hydrogen) atoms. The molecule has 2 aromatic rings. The highest BCUT2D eigenvalue weighted by molar-refractivity contribution is 9.10. The van der Waals surface area contributed by atoms with Crippen LogP contribution in [0.25, 0.3) is 0 Å². The molecule has 0 spiro atoms. The summed E-state index contributed by atoms with van der Waals surface area (Å²) in [4.78, 5) is 22.5. The highest BCUT2D eigenvalue weighted by Crippen LogP contribution is 2.25. The molecule has 0 radical (unpaired) electrons. The van der Waals surface area contributed by atoms with Crippen molar-refractivity contribution in [1.29, 1.82) is 0 Å². The predicted molar refractivity (Wildman–Crippen MR) is 89.8 cm³/mol. The van der Waals surface area contributed by atoms with Gasteiger partial charge in [0.1, 0.15) is 5.75 Å². The second-order valence-electron chi connectivity index (χ2n) is 4.74. The van der Waals surface area contributed by atoms with E-state index in [4.69, 9.17) is 4.74 Å². The quantitative estimate of drug-likeness (QED) is 0.617. The summed E-state index contributed by atoms with van der Waals surface area (Å²) in [5.74, 6) is 0.413. The topological polar surface area (TPSA) is 81.5 Å². The van der Waals surface area contributed by atoms with Crippen LogP contribution in [0.4, 0.5) is 5.69 Å². The molecule has 120 valence electrons. The van der Waals surface area contributed by atoms with Crippen molar-refractivity contribution < 1.29 is 14.5 Å². The van der Waals surface area contributed by atoms with Gasteiger partial charge in [-0.15, -0.1) is 0 Å². The Labute approximate surface area is 141 Å². The molecule has 0 atom stereocenters. The second kappa shape index (κ2) is 7.73. The van der Waals surface area contributed by atoms with E-state index >= 15 is 0 Å². The number of amides is 1. The molecule has 0 heterocycles. The van der Waals surface area contributed by atoms with Crippen LogP contribution in [0.1, 0.15) is 15.9 Å². The Balaban J connectivity index is 2.00. The van der Waals surface area contributed by atoms with E-state index in [0.717, 1.165) is 11.3 Å². The number of halogens is 1. The van der Waals surface area contributed by atoms with Crippen molar-refractivity contribution in [2.75, 3.05) is 13.7 Å². The zero-order valence-corrected chi connectivity index (χ0v) is 14.0. The van der Waals surface area contributed by atoms with Gasteiger partial charge in [-0.2, -0.15) is 0 Å². The first-order valence-electron chi connectivity index (χ1n) is 6.87. The number of nitrogens with zero attached hydrogens (tertiary/aromatic N) is 1. The summed E-state index contributed by atoms with van der Waals surface area (Å²) in [5.41, 5.74) is 1.10. The minimum atomic E-state index is -0.532. The van der Waals surface area contributed by atoms with Crippen molar-refractivity contribution in [3.05, 3.63) is 68.2 Å². The molecule has 0 saturated heterocycles. The molecule has 2 aromatic carbocycles. The first-order valence-corrected chi connectivity index (χ1v) is 7.66. The van der Waals surface area contributed by atoms with Crippen LogP contribution in [-0.2, 0) is 6.42 Å². The Morgan fingerprint density at radius 2 is 2.04 bits per heavy atom. The van der Waals surface area contributed by atoms with Gasteiger partial charge in [-0.25, -0.2) is 0 Å². The van der Waals surface area contributed by atoms with Crippen LogP contribution in [0.5, 0.6) is 5.75 Å². The highest BCUT2D eigenvalue weighted by atomic mass is 79.9. The van der Waals surface area contributed by atoms with Crippen molar-refractivity contribution in [2.24, 2.45) is 0 Å². The largest absolute Gasteiger partial charge is 0.496 e. The van der Waals surface area contributed by atoms with E-state index in [1.165, 1.54) is 18.2 Å². The summed E-state index contributed by atoms with van der Waals surface area (Å²) in [6.45, 7) is 0.406. The molecular formula is C16H15BrN2O4. The Bertz CT molecular complexity index is 734. The molecule has 1 N–H and O–H groups in total. The van der Waals surface area contributed by atoms with E-state index in [9.17, 15) is 14.9 Å². The van der Waals surface area contributed by atoms with Crippen molar-refractivity contribution in [3.63, 3.8) is 0 Å². The number of hydrogen-bond acceptors (Lipinski definition) is 4. The van der Waals surface area contributed by atoms with Crippen molar-refractivity contribution in [3.8, 4) is 5.75 Å². The van der Waals surface area contributed by atoms with Gasteiger partial charge in [-0.3, -0.25) is 14.9 Å². The standard InChI is InChI=1S/C16H15BrN2O4/c1-23-15-5-3-2-4-11(15)8-9-18-16(20)12-6-7-13(17)14(10-12)19(21)22/h2-7,10H,8-9H2,1H3,(H,18,20). The fourth-order valence-corrected chi connectivity index (χ4v) is 2.51. The van der Waals surface area contributed by atoms with Crippen molar-refractivity contribution in [2.45, 2.75) is 6.42 Å². The number of nitrogens with one attached hydrogen (secondary N) is 1. The average Bonchev–Trinajstić information content (AvgIpc) is 2.55. The molecule has 0 saturated carbocycles. The lowest BCUT2D eigenvalue weighted by Gasteiger charge is -2.09. The van der Waals surface area contributed by atoms with Gasteiger partial charge >= 0.3 is 0 Å². The molecular weight excluding hydrogens is 364 g/mol. The lowest BCUT2D eigenvalue weighted by Crippen LogP contribution is -2.25. The summed E-state index contributed by atoms with van der Waals surface area (Å²) in [6, 6.07) is 11.8. The average molecular weight is 379 g/mol. The summed E-state index contributed by atoms with van der Waals surface area (Å²) >= 11 is 3.09. The number of rotatable bonds is 6. The predicted octanol–water partition coefficient (Wildman–Crippen LogP) is 3.34. The number of ether oxygens (including phenoxy) is 1. The minimum absolute atomic E-state index is 0.137. The van der Waals surface area contributed by atoms with Crippen LogP contribution in [-0.4, -0.2) is 24.5 Å². The van der Waals surface area contributed by atoms with Gasteiger partial charge in [-0.05, 0) is 46.1 Å². The number of carbonyl (C=O) groups excluding carboxylic acids is 1. The fourth-order valence-electron chi connectivity index (χ4n) is 2.12. The molecule has 0 fully saturated rings. The van der Waals surface area contributed by atoms with Gasteiger partial charge in [0.2, 0.25) is 0 Å². The maximum absolute atomic E-state index is 12.1. The number of methoxy groups -OCH3 is 1. The minimum Gasteiger partial charge on any atom is -0.496 e. The molecule has 6 nitrogen and oxygen atoms in total. The SMILES string of the molecule is COc1ccccc1CCNC(=O)c1ccc(Br)c([N+](=O)[O-])c1. The van der Waals surface area contributed by atoms with Gasteiger partial charge in [0.15, 0.2) is 0 Å². The zero-order valence-electron chi connectivity index (χ0n) is 12.4. The van der Waals surface area contributed by atoms with Gasteiger partial charge < -0.3 is 10.1 Å². The second-order valence-corrected chi connectivity index (χ2v) is 5.60. The normalized spacial score (nSPS) is 10.2. The van der Waals surface area contributed by atoms with Crippen LogP contribution < -0.4 is 10.1 Å². The molecule has 0 aliphatic rings. The van der Waals surface area contributed by atoms with Gasteiger partial charge in [0, 0.05) is 18.2 Å². The van der Waals surface area contributed by atoms with Crippen LogP contribution in [0.3, 0.4) is 0 Å². The van der Waals surface area contributed by atoms with E-state index in [-0.39, 0.29) is 17.2 Å². The summed E-state index contributed by atoms with van der Waals surface area (Å²) in [7, 11) is 1.60. The molecule has 7 heteroatoms. The first kappa shape index (κ1) is 17.0. The summed E-state index contributed by atoms with van der Waals surface area (Å²) < 4.78 is 5.59. The number of carbonyl (C=O) groups is 1. The smallest absolute Gasteiger partial charge is 0.284 e. The van der Waals surface area contributed by atoms with Crippen LogP contribution >= 0.6 is 15.9 Å². The van der Waals surface area contributed by atoms with Crippen LogP contribution in [0, 0.1) is 10.1 Å². The van der Waals surface area contributed by atoms with E-state index in [1.807, 2.05) is 24.3 Å². The maximum Gasteiger partial charge on any atom is 0.284 e. The third-order valence-corrected chi connectivity index (χ3v) is 3.95. The Hall–Kier alpha value is -2.41. The van der Waals surface area contributed by atoms with E-state index in [0.29, 0.717) is 17.4 Å².